The highest BCUT2D eigenvalue weighted by Crippen LogP contribution is 2.43. The van der Waals surface area contributed by atoms with Crippen LogP contribution in [0.2, 0.25) is 5.02 Å². The Kier molecular flexibility index (Phi) is 4.93. The highest BCUT2D eigenvalue weighted by Gasteiger charge is 2.49. The highest BCUT2D eigenvalue weighted by molar-refractivity contribution is 9.10. The van der Waals surface area contributed by atoms with Crippen molar-refractivity contribution >= 4 is 65.9 Å². The molecule has 0 saturated carbocycles. The van der Waals surface area contributed by atoms with Crippen molar-refractivity contribution in [2.45, 2.75) is 17.7 Å². The van der Waals surface area contributed by atoms with Crippen LogP contribution in [-0.2, 0) is 14.6 Å². The van der Waals surface area contributed by atoms with Gasteiger partial charge in [0, 0.05) is 9.72 Å². The van der Waals surface area contributed by atoms with E-state index in [0.29, 0.717) is 15.9 Å². The lowest BCUT2D eigenvalue weighted by Gasteiger charge is -2.25. The molecule has 126 valence electrons. The second kappa shape index (κ2) is 6.67. The van der Waals surface area contributed by atoms with Crippen molar-refractivity contribution < 1.29 is 13.2 Å². The summed E-state index contributed by atoms with van der Waals surface area (Å²) in [5.41, 5.74) is 0.598. The van der Waals surface area contributed by atoms with Crippen molar-refractivity contribution in [1.82, 2.24) is 0 Å². The maximum atomic E-state index is 12.0. The normalized spacial score (nSPS) is 26.4. The van der Waals surface area contributed by atoms with Crippen LogP contribution in [0.3, 0.4) is 0 Å². The van der Waals surface area contributed by atoms with Gasteiger partial charge in [0.2, 0.25) is 0 Å². The Bertz CT molecular complexity index is 882. The Morgan fingerprint density at radius 1 is 1.50 bits per heavy atom. The topological polar surface area (TPSA) is 90.6 Å². The fourth-order valence-corrected chi connectivity index (χ4v) is 7.43. The lowest BCUT2D eigenvalue weighted by atomic mass is 10.2. The number of thioether (sulfide) groups is 1. The molecule has 2 heterocycles. The van der Waals surface area contributed by atoms with Crippen molar-refractivity contribution in [2.24, 2.45) is 4.99 Å². The van der Waals surface area contributed by atoms with Crippen LogP contribution in [0.15, 0.2) is 27.7 Å². The summed E-state index contributed by atoms with van der Waals surface area (Å²) in [6.45, 7) is 0. The lowest BCUT2D eigenvalue weighted by molar-refractivity contribution is -0.116. The van der Waals surface area contributed by atoms with Gasteiger partial charge >= 0.3 is 0 Å². The maximum absolute atomic E-state index is 12.0. The van der Waals surface area contributed by atoms with Gasteiger partial charge in [0.25, 0.3) is 5.91 Å². The van der Waals surface area contributed by atoms with E-state index in [2.05, 4.69) is 20.9 Å². The van der Waals surface area contributed by atoms with Gasteiger partial charge in [0.05, 0.1) is 34.3 Å². The molecular weight excluding hydrogens is 438 g/mol. The van der Waals surface area contributed by atoms with Gasteiger partial charge in [-0.2, -0.15) is 10.3 Å². The summed E-state index contributed by atoms with van der Waals surface area (Å²) in [5.74, 6) is -0.526. The second-order valence-corrected chi connectivity index (χ2v) is 10.1. The molecule has 0 N–H and O–H groups in total. The number of nitrogens with zero attached hydrogens (tertiary/aromatic N) is 3. The van der Waals surface area contributed by atoms with E-state index in [-0.39, 0.29) is 29.2 Å². The standard InChI is InChI=1S/C14H11BrClN3O3S2/c15-8-1-2-10(9(16)5-8)19-11-6-24(21,22)7-12(11)23-14(19)18-13(20)3-4-17/h1-2,5,11-12H,3,6-7H2/t11-,12+/m1/s1. The molecule has 2 atom stereocenters. The molecule has 0 spiro atoms. The summed E-state index contributed by atoms with van der Waals surface area (Å²) in [5, 5.41) is 9.25. The Balaban J connectivity index is 2.05. The fourth-order valence-electron chi connectivity index (χ4n) is 2.74. The minimum absolute atomic E-state index is 0.0114. The van der Waals surface area contributed by atoms with E-state index < -0.39 is 15.7 Å². The van der Waals surface area contributed by atoms with Crippen LogP contribution in [0.4, 0.5) is 5.69 Å². The number of halogens is 2. The van der Waals surface area contributed by atoms with Gasteiger partial charge in [0.15, 0.2) is 15.0 Å². The Morgan fingerprint density at radius 2 is 2.25 bits per heavy atom. The number of hydrogen-bond donors (Lipinski definition) is 0. The molecule has 1 aromatic rings. The molecular formula is C14H11BrClN3O3S2. The molecule has 0 aromatic heterocycles. The summed E-state index contributed by atoms with van der Waals surface area (Å²) in [6.07, 6.45) is -0.320. The van der Waals surface area contributed by atoms with E-state index in [1.54, 1.807) is 29.2 Å². The molecule has 6 nitrogen and oxygen atoms in total. The molecule has 0 aliphatic carbocycles. The molecule has 2 aliphatic rings. The van der Waals surface area contributed by atoms with Crippen LogP contribution >= 0.6 is 39.3 Å². The number of aliphatic imine (C=N–C) groups is 1. The molecule has 2 aliphatic heterocycles. The second-order valence-electron chi connectivity index (χ2n) is 5.39. The minimum atomic E-state index is -3.14. The quantitative estimate of drug-likeness (QED) is 0.691. The molecule has 2 fully saturated rings. The van der Waals surface area contributed by atoms with Crippen molar-refractivity contribution in [3.05, 3.63) is 27.7 Å². The molecule has 0 bridgehead atoms. The predicted molar refractivity (Wildman–Crippen MR) is 98.1 cm³/mol. The number of amides is 1. The molecule has 10 heteroatoms. The van der Waals surface area contributed by atoms with Gasteiger partial charge in [0.1, 0.15) is 6.42 Å². The summed E-state index contributed by atoms with van der Waals surface area (Å²) in [4.78, 5) is 17.5. The predicted octanol–water partition coefficient (Wildman–Crippen LogP) is 2.62. The largest absolute Gasteiger partial charge is 0.314 e. The van der Waals surface area contributed by atoms with Crippen LogP contribution in [0.1, 0.15) is 6.42 Å². The SMILES string of the molecule is N#CCC(=O)N=C1S[C@H]2CS(=O)(=O)C[C@H]2N1c1ccc(Br)cc1Cl. The number of fused-ring (bicyclic) bond motifs is 1. The Labute approximate surface area is 156 Å². The third-order valence-corrected chi connectivity index (χ3v) is 7.69. The number of amidine groups is 1. The third-order valence-electron chi connectivity index (χ3n) is 3.69. The van der Waals surface area contributed by atoms with Crippen LogP contribution in [-0.4, -0.2) is 42.3 Å². The number of rotatable bonds is 2. The number of nitriles is 1. The summed E-state index contributed by atoms with van der Waals surface area (Å²) in [6, 6.07) is 6.68. The van der Waals surface area contributed by atoms with Crippen molar-refractivity contribution in [3.8, 4) is 6.07 Å². The van der Waals surface area contributed by atoms with Crippen LogP contribution in [0.25, 0.3) is 0 Å². The monoisotopic (exact) mass is 447 g/mol. The van der Waals surface area contributed by atoms with E-state index >= 15 is 0 Å². The van der Waals surface area contributed by atoms with Crippen LogP contribution < -0.4 is 4.90 Å². The molecule has 24 heavy (non-hydrogen) atoms. The Morgan fingerprint density at radius 3 is 2.92 bits per heavy atom. The molecule has 1 aromatic carbocycles. The van der Waals surface area contributed by atoms with E-state index in [1.165, 1.54) is 11.8 Å². The van der Waals surface area contributed by atoms with Gasteiger partial charge in [-0.05, 0) is 18.2 Å². The molecule has 0 radical (unpaired) electrons. The zero-order valence-electron chi connectivity index (χ0n) is 12.1. The first kappa shape index (κ1) is 17.7. The van der Waals surface area contributed by atoms with E-state index in [4.69, 9.17) is 16.9 Å². The molecule has 2 saturated heterocycles. The average Bonchev–Trinajstić information content (AvgIpc) is 2.91. The van der Waals surface area contributed by atoms with Gasteiger partial charge in [-0.1, -0.05) is 39.3 Å². The van der Waals surface area contributed by atoms with Gasteiger partial charge in [-0.3, -0.25) is 4.79 Å². The summed E-state index contributed by atoms with van der Waals surface area (Å²) < 4.78 is 24.7. The smallest absolute Gasteiger partial charge is 0.262 e. The first-order valence-electron chi connectivity index (χ1n) is 6.90. The lowest BCUT2D eigenvalue weighted by Crippen LogP contribution is -2.37. The number of hydrogen-bond acceptors (Lipinski definition) is 5. The molecule has 1 amide bonds. The van der Waals surface area contributed by atoms with E-state index in [1.807, 2.05) is 0 Å². The third kappa shape index (κ3) is 3.47. The zero-order chi connectivity index (χ0) is 17.5. The zero-order valence-corrected chi connectivity index (χ0v) is 16.1. The number of sulfone groups is 1. The number of benzene rings is 1. The summed E-state index contributed by atoms with van der Waals surface area (Å²) in [7, 11) is -3.14. The summed E-state index contributed by atoms with van der Waals surface area (Å²) >= 11 is 10.9. The van der Waals surface area contributed by atoms with E-state index in [0.717, 1.165) is 4.47 Å². The number of anilines is 1. The van der Waals surface area contributed by atoms with Crippen molar-refractivity contribution in [2.75, 3.05) is 16.4 Å². The molecule has 0 unspecified atom stereocenters. The molecule has 3 rings (SSSR count). The maximum Gasteiger partial charge on any atom is 0.262 e. The highest BCUT2D eigenvalue weighted by atomic mass is 79.9. The first-order chi connectivity index (χ1) is 11.3. The fraction of sp³-hybridized carbons (Fsp3) is 0.357. The van der Waals surface area contributed by atoms with Crippen molar-refractivity contribution in [3.63, 3.8) is 0 Å². The number of carbonyl (C=O) groups is 1. The van der Waals surface area contributed by atoms with Gasteiger partial charge in [-0.15, -0.1) is 0 Å². The minimum Gasteiger partial charge on any atom is -0.314 e. The van der Waals surface area contributed by atoms with Crippen LogP contribution in [0.5, 0.6) is 0 Å². The van der Waals surface area contributed by atoms with Gasteiger partial charge < -0.3 is 4.90 Å². The van der Waals surface area contributed by atoms with Crippen molar-refractivity contribution in [1.29, 1.82) is 5.26 Å². The number of carbonyl (C=O) groups excluding carboxylic acids is 1. The first-order valence-corrected chi connectivity index (χ1v) is 10.8. The average molecular weight is 449 g/mol. The Hall–Kier alpha value is -1.08. The van der Waals surface area contributed by atoms with Crippen LogP contribution in [0, 0.1) is 11.3 Å². The van der Waals surface area contributed by atoms with E-state index in [9.17, 15) is 13.2 Å². The van der Waals surface area contributed by atoms with Gasteiger partial charge in [-0.25, -0.2) is 8.42 Å².